The second kappa shape index (κ2) is 15.7. The first-order valence-electron chi connectivity index (χ1n) is 17.2. The number of nitrogens with zero attached hydrogens (tertiary/aromatic N) is 1. The van der Waals surface area contributed by atoms with Gasteiger partial charge in [0.2, 0.25) is 17.7 Å². The molecule has 4 aliphatic rings. The molecule has 2 aliphatic heterocycles. The smallest absolute Gasteiger partial charge is 0.243 e. The van der Waals surface area contributed by atoms with E-state index in [0.29, 0.717) is 62.8 Å². The second-order valence-electron chi connectivity index (χ2n) is 13.9. The Balaban J connectivity index is 1.28. The van der Waals surface area contributed by atoms with Crippen molar-refractivity contribution < 1.29 is 33.4 Å². The van der Waals surface area contributed by atoms with E-state index in [9.17, 15) is 19.2 Å². The van der Waals surface area contributed by atoms with Gasteiger partial charge in [-0.2, -0.15) is 0 Å². The van der Waals surface area contributed by atoms with Crippen molar-refractivity contribution in [2.45, 2.75) is 95.4 Å². The molecule has 2 aliphatic carbocycles. The van der Waals surface area contributed by atoms with Crippen LogP contribution in [-0.2, 0) is 35.1 Å². The van der Waals surface area contributed by atoms with Crippen molar-refractivity contribution in [1.29, 1.82) is 0 Å². The summed E-state index contributed by atoms with van der Waals surface area (Å²) in [6.45, 7) is 6.37. The van der Waals surface area contributed by atoms with Crippen LogP contribution in [0, 0.1) is 17.8 Å². The molecule has 3 N–H and O–H groups in total. The molecular weight excluding hydrogens is 588 g/mol. The molecule has 7 atom stereocenters. The first-order chi connectivity index (χ1) is 22.1. The highest BCUT2D eigenvalue weighted by Gasteiger charge is 2.51. The average Bonchev–Trinajstić information content (AvgIpc) is 3.82. The van der Waals surface area contributed by atoms with Crippen molar-refractivity contribution in [3.05, 3.63) is 29.8 Å². The fourth-order valence-electron chi connectivity index (χ4n) is 7.61. The maximum Gasteiger partial charge on any atom is 0.243 e. The van der Waals surface area contributed by atoms with Crippen LogP contribution in [0.3, 0.4) is 0 Å². The first-order valence-corrected chi connectivity index (χ1v) is 17.2. The molecule has 2 saturated heterocycles. The summed E-state index contributed by atoms with van der Waals surface area (Å²) in [6, 6.07) is 4.80. The molecule has 2 saturated carbocycles. The molecular formula is C35H52N4O7. The zero-order valence-electron chi connectivity index (χ0n) is 27.7. The molecule has 3 amide bonds. The number of rotatable bonds is 14. The van der Waals surface area contributed by atoms with E-state index >= 15 is 0 Å². The predicted molar refractivity (Wildman–Crippen MR) is 172 cm³/mol. The number of ether oxygens (including phenoxy) is 3. The number of hydrogen-bond donors (Lipinski definition) is 3. The molecule has 0 bridgehead atoms. The molecule has 4 fully saturated rings. The van der Waals surface area contributed by atoms with E-state index in [-0.39, 0.29) is 24.7 Å². The van der Waals surface area contributed by atoms with Crippen molar-refractivity contribution in [3.8, 4) is 5.75 Å². The molecule has 11 heteroatoms. The maximum absolute atomic E-state index is 14.1. The Morgan fingerprint density at radius 1 is 0.935 bits per heavy atom. The summed E-state index contributed by atoms with van der Waals surface area (Å²) in [7, 11) is 1.59. The van der Waals surface area contributed by atoms with Crippen LogP contribution >= 0.6 is 0 Å². The van der Waals surface area contributed by atoms with Gasteiger partial charge in [-0.15, -0.1) is 0 Å². The van der Waals surface area contributed by atoms with Gasteiger partial charge in [-0.25, -0.2) is 0 Å². The quantitative estimate of drug-likeness (QED) is 0.264. The highest BCUT2D eigenvalue weighted by molar-refractivity contribution is 5.98. The molecule has 46 heavy (non-hydrogen) atoms. The summed E-state index contributed by atoms with van der Waals surface area (Å²) in [5.41, 5.74) is -0.0602. The zero-order valence-corrected chi connectivity index (χ0v) is 27.7. The Morgan fingerprint density at radius 2 is 1.61 bits per heavy atom. The summed E-state index contributed by atoms with van der Waals surface area (Å²) in [5.74, 6) is 1.08. The van der Waals surface area contributed by atoms with Crippen molar-refractivity contribution in [2.75, 3.05) is 46.6 Å². The molecule has 0 radical (unpaired) electrons. The van der Waals surface area contributed by atoms with Crippen molar-refractivity contribution >= 4 is 23.5 Å². The van der Waals surface area contributed by atoms with Gasteiger partial charge in [-0.1, -0.05) is 50.7 Å². The summed E-state index contributed by atoms with van der Waals surface area (Å²) in [5, 5.41) is 8.72. The number of morpholine rings is 1. The number of hydrogen-bond acceptors (Lipinski definition) is 8. The minimum atomic E-state index is -0.962. The lowest BCUT2D eigenvalue weighted by atomic mass is 9.64. The first kappa shape index (κ1) is 34.3. The number of carbonyl (C=O) groups is 4. The van der Waals surface area contributed by atoms with E-state index in [4.69, 9.17) is 14.2 Å². The van der Waals surface area contributed by atoms with E-state index in [1.165, 1.54) is 32.1 Å². The van der Waals surface area contributed by atoms with Crippen molar-refractivity contribution in [3.63, 3.8) is 0 Å². The Kier molecular flexibility index (Phi) is 11.7. The Morgan fingerprint density at radius 3 is 2.30 bits per heavy atom. The number of Topliss-reactive ketones (excluding diaryl/α,β-unsaturated/α-hetero) is 1. The number of methoxy groups -OCH3 is 1. The van der Waals surface area contributed by atoms with E-state index in [0.717, 1.165) is 18.4 Å². The lowest BCUT2D eigenvalue weighted by molar-refractivity contribution is -0.134. The lowest BCUT2D eigenvalue weighted by Crippen LogP contribution is -2.57. The lowest BCUT2D eigenvalue weighted by Gasteiger charge is -2.42. The molecule has 0 spiro atoms. The summed E-state index contributed by atoms with van der Waals surface area (Å²) < 4.78 is 16.2. The van der Waals surface area contributed by atoms with Crippen molar-refractivity contribution in [2.24, 2.45) is 17.8 Å². The number of ketones is 1. The third-order valence-corrected chi connectivity index (χ3v) is 10.5. The van der Waals surface area contributed by atoms with Gasteiger partial charge in [0.15, 0.2) is 5.78 Å². The molecule has 254 valence electrons. The Labute approximate surface area is 272 Å². The Hall–Kier alpha value is -3.02. The molecule has 0 unspecified atom stereocenters. The normalized spacial score (nSPS) is 28.1. The molecule has 11 nitrogen and oxygen atoms in total. The van der Waals surface area contributed by atoms with E-state index in [1.807, 2.05) is 29.2 Å². The summed E-state index contributed by atoms with van der Waals surface area (Å²) >= 11 is 0. The zero-order chi connectivity index (χ0) is 32.7. The third-order valence-electron chi connectivity index (χ3n) is 10.5. The average molecular weight is 641 g/mol. The molecule has 2 heterocycles. The monoisotopic (exact) mass is 640 g/mol. The fraction of sp³-hybridized carbons (Fsp3) is 0.714. The minimum Gasteiger partial charge on any atom is -0.497 e. The van der Waals surface area contributed by atoms with Crippen LogP contribution in [0.5, 0.6) is 5.75 Å². The van der Waals surface area contributed by atoms with Crippen LogP contribution in [-0.4, -0.2) is 98.7 Å². The molecule has 1 aromatic rings. The number of benzene rings is 1. The highest BCUT2D eigenvalue weighted by Crippen LogP contribution is 2.46. The highest BCUT2D eigenvalue weighted by atomic mass is 16.6. The summed E-state index contributed by atoms with van der Waals surface area (Å²) in [4.78, 5) is 55.9. The summed E-state index contributed by atoms with van der Waals surface area (Å²) in [6.07, 6.45) is 9.20. The van der Waals surface area contributed by atoms with Crippen LogP contribution in [0.4, 0.5) is 0 Å². The van der Waals surface area contributed by atoms with Crippen LogP contribution in [0.2, 0.25) is 0 Å². The van der Waals surface area contributed by atoms with E-state index < -0.39 is 35.5 Å². The second-order valence-corrected chi connectivity index (χ2v) is 13.9. The number of amides is 3. The van der Waals surface area contributed by atoms with Gasteiger partial charge in [0.25, 0.3) is 0 Å². The van der Waals surface area contributed by atoms with Gasteiger partial charge in [0.05, 0.1) is 39.5 Å². The number of nitrogens with one attached hydrogen (secondary N) is 3. The van der Waals surface area contributed by atoms with Crippen LogP contribution in [0.1, 0.15) is 70.8 Å². The standard InChI is InChI=1S/C35H52N4O7/c1-23(36-31(40)21-39-15-17-45-18-16-39)33(42)38-30(19-24-11-13-27(44-3)14-12-24)34(43)37-29(32(41)35(2)22-46-35)20-26-9-6-8-25-7-4-5-10-28(25)26/h11-14,23,25-26,28-30H,4-10,15-22H2,1-3H3,(H,36,40)(H,37,43)(H,38,42)/t23-,25-,26-,28+,29-,30-,35+/m0/s1. The number of carbonyl (C=O) groups excluding carboxylic acids is 4. The van der Waals surface area contributed by atoms with Crippen molar-refractivity contribution in [1.82, 2.24) is 20.9 Å². The van der Waals surface area contributed by atoms with Crippen LogP contribution < -0.4 is 20.7 Å². The fourth-order valence-corrected chi connectivity index (χ4v) is 7.61. The van der Waals surface area contributed by atoms with E-state index in [1.54, 1.807) is 21.0 Å². The van der Waals surface area contributed by atoms with E-state index in [2.05, 4.69) is 16.0 Å². The van der Waals surface area contributed by atoms with Gasteiger partial charge in [-0.3, -0.25) is 24.1 Å². The van der Waals surface area contributed by atoms with Gasteiger partial charge in [0.1, 0.15) is 23.4 Å². The SMILES string of the molecule is COc1ccc(C[C@H](NC(=O)[C@H](C)NC(=O)CN2CCOCC2)C(=O)N[C@@H](C[C@@H]2CCC[C@@H]3CCCC[C@H]32)C(=O)[C@@]2(C)CO2)cc1. The van der Waals surface area contributed by atoms with Crippen LogP contribution in [0.15, 0.2) is 24.3 Å². The predicted octanol–water partition coefficient (Wildman–Crippen LogP) is 2.40. The third kappa shape index (κ3) is 9.07. The topological polar surface area (TPSA) is 139 Å². The molecule has 5 rings (SSSR count). The van der Waals surface area contributed by atoms with Gasteiger partial charge in [-0.05, 0) is 62.1 Å². The van der Waals surface area contributed by atoms with Gasteiger partial charge >= 0.3 is 0 Å². The number of epoxide rings is 1. The number of fused-ring (bicyclic) bond motifs is 1. The molecule has 0 aromatic heterocycles. The minimum absolute atomic E-state index is 0.1000. The van der Waals surface area contributed by atoms with Gasteiger partial charge in [0, 0.05) is 19.5 Å². The largest absolute Gasteiger partial charge is 0.497 e. The Bertz CT molecular complexity index is 1210. The maximum atomic E-state index is 14.1. The van der Waals surface area contributed by atoms with Crippen LogP contribution in [0.25, 0.3) is 0 Å². The van der Waals surface area contributed by atoms with Gasteiger partial charge < -0.3 is 30.2 Å². The molecule has 1 aromatic carbocycles.